The average Bonchev–Trinajstić information content (AvgIpc) is 2.53. The largest absolute Gasteiger partial charge is 0.489 e. The molecule has 0 aliphatic heterocycles. The van der Waals surface area contributed by atoms with Gasteiger partial charge in [-0.3, -0.25) is 0 Å². The zero-order chi connectivity index (χ0) is 17.0. The highest BCUT2D eigenvalue weighted by atomic mass is 32.2. The van der Waals surface area contributed by atoms with E-state index in [0.29, 0.717) is 16.9 Å². The van der Waals surface area contributed by atoms with Crippen molar-refractivity contribution in [2.24, 2.45) is 0 Å². The zero-order valence-corrected chi connectivity index (χ0v) is 13.1. The zero-order valence-electron chi connectivity index (χ0n) is 12.3. The molecular weight excluding hydrogens is 326 g/mol. The van der Waals surface area contributed by atoms with Gasteiger partial charge in [-0.25, -0.2) is 8.42 Å². The van der Waals surface area contributed by atoms with Crippen molar-refractivity contribution in [2.45, 2.75) is 30.3 Å². The summed E-state index contributed by atoms with van der Waals surface area (Å²) in [5, 5.41) is 9.51. The monoisotopic (exact) mass is 342 g/mol. The quantitative estimate of drug-likeness (QED) is 0.875. The minimum atomic E-state index is -4.58. The molecule has 0 bridgehead atoms. The summed E-state index contributed by atoms with van der Waals surface area (Å²) in [7, 11) is -4.58. The van der Waals surface area contributed by atoms with Gasteiger partial charge < -0.3 is 9.84 Å². The van der Waals surface area contributed by atoms with E-state index in [-0.39, 0.29) is 6.61 Å². The van der Waals surface area contributed by atoms with Crippen LogP contribution in [0.2, 0.25) is 0 Å². The Bertz CT molecular complexity index is 756. The van der Waals surface area contributed by atoms with Gasteiger partial charge in [0.2, 0.25) is 9.84 Å². The molecule has 0 aliphatic carbocycles. The number of aliphatic hydroxyl groups is 1. The Labute approximate surface area is 133 Å². The number of sulfone groups is 1. The molecule has 0 spiro atoms. The second kappa shape index (κ2) is 7.06. The molecule has 124 valence electrons. The normalized spacial score (nSPS) is 13.1. The van der Waals surface area contributed by atoms with Gasteiger partial charge in [-0.15, -0.1) is 0 Å². The van der Waals surface area contributed by atoms with Crippen LogP contribution < -0.4 is 4.74 Å². The highest BCUT2D eigenvalue weighted by molar-refractivity contribution is 7.91. The van der Waals surface area contributed by atoms with Crippen LogP contribution in [-0.2, 0) is 16.4 Å². The molecule has 0 aromatic heterocycles. The molecule has 7 heteroatoms. The lowest BCUT2D eigenvalue weighted by Crippen LogP contribution is -2.11. The minimum Gasteiger partial charge on any atom is -0.489 e. The van der Waals surface area contributed by atoms with E-state index in [9.17, 15) is 22.3 Å². The Morgan fingerprint density at radius 2 is 1.78 bits per heavy atom. The second-order valence-electron chi connectivity index (χ2n) is 4.99. The minimum absolute atomic E-state index is 0.151. The molecule has 0 saturated carbocycles. The molecule has 0 saturated heterocycles. The van der Waals surface area contributed by atoms with E-state index >= 15 is 0 Å². The number of benzene rings is 2. The van der Waals surface area contributed by atoms with Gasteiger partial charge in [0.15, 0.2) is 0 Å². The van der Waals surface area contributed by atoms with Crippen LogP contribution >= 0.6 is 0 Å². The topological polar surface area (TPSA) is 63.6 Å². The van der Waals surface area contributed by atoms with Gasteiger partial charge in [0.1, 0.15) is 12.4 Å². The van der Waals surface area contributed by atoms with Crippen molar-refractivity contribution in [3.63, 3.8) is 0 Å². The molecule has 2 aromatic carbocycles. The van der Waals surface area contributed by atoms with Gasteiger partial charge in [0, 0.05) is 0 Å². The number of hydrogen-bond donors (Lipinski definition) is 1. The van der Waals surface area contributed by atoms with Crippen molar-refractivity contribution in [1.82, 2.24) is 0 Å². The number of rotatable bonds is 6. The van der Waals surface area contributed by atoms with Crippen LogP contribution in [0.4, 0.5) is 8.78 Å². The number of alkyl halides is 2. The lowest BCUT2D eigenvalue weighted by Gasteiger charge is -2.10. The Morgan fingerprint density at radius 3 is 2.35 bits per heavy atom. The van der Waals surface area contributed by atoms with Gasteiger partial charge in [0.05, 0.1) is 11.0 Å². The fourth-order valence-electron chi connectivity index (χ4n) is 1.91. The van der Waals surface area contributed by atoms with Crippen LogP contribution in [0.5, 0.6) is 5.75 Å². The molecule has 0 aliphatic rings. The number of ether oxygens (including phenoxy) is 1. The summed E-state index contributed by atoms with van der Waals surface area (Å²) in [6, 6.07) is 12.0. The van der Waals surface area contributed by atoms with E-state index in [1.54, 1.807) is 31.2 Å². The maximum absolute atomic E-state index is 12.4. The molecule has 4 nitrogen and oxygen atoms in total. The van der Waals surface area contributed by atoms with Gasteiger partial charge in [0.25, 0.3) is 0 Å². The van der Waals surface area contributed by atoms with Crippen molar-refractivity contribution in [1.29, 1.82) is 0 Å². The Morgan fingerprint density at radius 1 is 1.13 bits per heavy atom. The van der Waals surface area contributed by atoms with Crippen molar-refractivity contribution in [3.05, 3.63) is 59.7 Å². The third-order valence-corrected chi connectivity index (χ3v) is 4.63. The standard InChI is InChI=1S/C16H16F2O4S/c1-11(19)13-3-2-4-14(9-13)22-10-12-5-7-15(8-6-12)23(20,21)16(17)18/h2-9,11,16,19H,10H2,1H3/t11-/m1/s1. The van der Waals surface area contributed by atoms with E-state index in [4.69, 9.17) is 4.74 Å². The third kappa shape index (κ3) is 4.27. The first-order chi connectivity index (χ1) is 10.8. The molecular formula is C16H16F2O4S. The highest BCUT2D eigenvalue weighted by Gasteiger charge is 2.26. The maximum atomic E-state index is 12.4. The van der Waals surface area contributed by atoms with Crippen LogP contribution in [-0.4, -0.2) is 19.3 Å². The van der Waals surface area contributed by atoms with Crippen LogP contribution in [0.15, 0.2) is 53.4 Å². The molecule has 0 fully saturated rings. The molecule has 0 amide bonds. The molecule has 1 atom stereocenters. The van der Waals surface area contributed by atoms with Gasteiger partial charge >= 0.3 is 5.76 Å². The fourth-order valence-corrected chi connectivity index (χ4v) is 2.63. The van der Waals surface area contributed by atoms with E-state index < -0.39 is 26.6 Å². The average molecular weight is 342 g/mol. The second-order valence-corrected chi connectivity index (χ2v) is 6.90. The summed E-state index contributed by atoms with van der Waals surface area (Å²) in [4.78, 5) is -0.424. The summed E-state index contributed by atoms with van der Waals surface area (Å²) >= 11 is 0. The molecule has 0 unspecified atom stereocenters. The predicted molar refractivity (Wildman–Crippen MR) is 81.0 cm³/mol. The molecule has 0 radical (unpaired) electrons. The first-order valence-electron chi connectivity index (χ1n) is 6.82. The Kier molecular flexibility index (Phi) is 5.33. The summed E-state index contributed by atoms with van der Waals surface area (Å²) in [6.07, 6.45) is -0.614. The lowest BCUT2D eigenvalue weighted by molar-refractivity contribution is 0.198. The predicted octanol–water partition coefficient (Wildman–Crippen LogP) is 3.32. The maximum Gasteiger partial charge on any atom is 0.341 e. The molecule has 0 heterocycles. The summed E-state index contributed by atoms with van der Waals surface area (Å²) < 4.78 is 53.1. The van der Waals surface area contributed by atoms with E-state index in [0.717, 1.165) is 12.1 Å². The first-order valence-corrected chi connectivity index (χ1v) is 8.37. The summed E-state index contributed by atoms with van der Waals surface area (Å²) in [5.74, 6) is -2.89. The summed E-state index contributed by atoms with van der Waals surface area (Å²) in [6.45, 7) is 1.79. The smallest absolute Gasteiger partial charge is 0.341 e. The number of hydrogen-bond acceptors (Lipinski definition) is 4. The van der Waals surface area contributed by atoms with E-state index in [2.05, 4.69) is 0 Å². The molecule has 1 N–H and O–H groups in total. The molecule has 2 rings (SSSR count). The van der Waals surface area contributed by atoms with E-state index in [1.165, 1.54) is 12.1 Å². The Balaban J connectivity index is 2.06. The molecule has 23 heavy (non-hydrogen) atoms. The van der Waals surface area contributed by atoms with Crippen LogP contribution in [0.25, 0.3) is 0 Å². The van der Waals surface area contributed by atoms with Crippen LogP contribution in [0.3, 0.4) is 0 Å². The SMILES string of the molecule is C[C@@H](O)c1cccc(OCc2ccc(S(=O)(=O)C(F)F)cc2)c1. The Hall–Kier alpha value is -1.99. The number of halogens is 2. The van der Waals surface area contributed by atoms with Gasteiger partial charge in [-0.05, 0) is 42.3 Å². The van der Waals surface area contributed by atoms with Crippen LogP contribution in [0.1, 0.15) is 24.2 Å². The third-order valence-electron chi connectivity index (χ3n) is 3.23. The van der Waals surface area contributed by atoms with Crippen molar-refractivity contribution in [3.8, 4) is 5.75 Å². The van der Waals surface area contributed by atoms with Crippen molar-refractivity contribution >= 4 is 9.84 Å². The lowest BCUT2D eigenvalue weighted by atomic mass is 10.1. The van der Waals surface area contributed by atoms with Crippen molar-refractivity contribution in [2.75, 3.05) is 0 Å². The van der Waals surface area contributed by atoms with Gasteiger partial charge in [-0.2, -0.15) is 8.78 Å². The number of aliphatic hydroxyl groups excluding tert-OH is 1. The fraction of sp³-hybridized carbons (Fsp3) is 0.250. The van der Waals surface area contributed by atoms with Crippen LogP contribution in [0, 0.1) is 0 Å². The van der Waals surface area contributed by atoms with E-state index in [1.807, 2.05) is 0 Å². The van der Waals surface area contributed by atoms with Crippen molar-refractivity contribution < 1.29 is 27.0 Å². The summed E-state index contributed by atoms with van der Waals surface area (Å²) in [5.41, 5.74) is 1.35. The molecule has 2 aromatic rings. The highest BCUT2D eigenvalue weighted by Crippen LogP contribution is 2.21. The van der Waals surface area contributed by atoms with Gasteiger partial charge in [-0.1, -0.05) is 24.3 Å². The first kappa shape index (κ1) is 17.4.